The topological polar surface area (TPSA) is 40.2 Å². The smallest absolute Gasteiger partial charge is 0.399 e. The molecule has 236 valence electrons. The van der Waals surface area contributed by atoms with Gasteiger partial charge in [-0.25, -0.2) is 0 Å². The van der Waals surface area contributed by atoms with E-state index in [1.807, 2.05) is 0 Å². The highest BCUT2D eigenvalue weighted by atomic mass is 16.7. The van der Waals surface area contributed by atoms with Crippen molar-refractivity contribution in [3.8, 4) is 11.1 Å². The summed E-state index contributed by atoms with van der Waals surface area (Å²) in [6.45, 7) is 21.4. The van der Waals surface area contributed by atoms with Gasteiger partial charge >= 0.3 is 14.2 Å². The first kappa shape index (κ1) is 31.3. The number of nitrogens with zero attached hydrogens (tertiary/aromatic N) is 1. The predicted molar refractivity (Wildman–Crippen MR) is 190 cm³/mol. The minimum atomic E-state index is -0.416. The first-order chi connectivity index (χ1) is 21.5. The minimum absolute atomic E-state index is 0.102. The molecule has 0 radical (unpaired) electrons. The molecule has 0 spiro atoms. The Kier molecular flexibility index (Phi) is 7.02. The molecule has 1 aliphatic carbocycles. The van der Waals surface area contributed by atoms with Crippen LogP contribution in [-0.2, 0) is 24.0 Å². The normalized spacial score (nSPS) is 21.3. The molecule has 0 N–H and O–H groups in total. The van der Waals surface area contributed by atoms with Crippen molar-refractivity contribution in [2.75, 3.05) is 4.90 Å². The number of anilines is 3. The van der Waals surface area contributed by atoms with Crippen molar-refractivity contribution in [2.45, 2.75) is 97.1 Å². The first-order valence-corrected chi connectivity index (χ1v) is 16.5. The van der Waals surface area contributed by atoms with Crippen molar-refractivity contribution >= 4 is 42.2 Å². The lowest BCUT2D eigenvalue weighted by atomic mass is 9.79. The molecule has 4 aromatic carbocycles. The Morgan fingerprint density at radius 2 is 0.870 bits per heavy atom. The molecule has 7 rings (SSSR count). The molecule has 5 nitrogen and oxygen atoms in total. The predicted octanol–water partition coefficient (Wildman–Crippen LogP) is 8.06. The number of benzene rings is 4. The van der Waals surface area contributed by atoms with E-state index in [0.717, 1.165) is 28.0 Å². The van der Waals surface area contributed by atoms with Crippen LogP contribution in [0.4, 0.5) is 17.1 Å². The van der Waals surface area contributed by atoms with Crippen LogP contribution in [0.3, 0.4) is 0 Å². The molecule has 2 heterocycles. The van der Waals surface area contributed by atoms with Gasteiger partial charge in [0, 0.05) is 22.4 Å². The Morgan fingerprint density at radius 1 is 0.457 bits per heavy atom. The molecular weight excluding hydrogens is 568 g/mol. The van der Waals surface area contributed by atoms with Gasteiger partial charge in [0.2, 0.25) is 0 Å². The van der Waals surface area contributed by atoms with Gasteiger partial charge in [0.1, 0.15) is 0 Å². The van der Waals surface area contributed by atoms with Gasteiger partial charge in [-0.1, -0.05) is 74.5 Å². The van der Waals surface area contributed by atoms with E-state index in [0.29, 0.717) is 0 Å². The quantitative estimate of drug-likeness (QED) is 0.213. The molecule has 2 aliphatic heterocycles. The molecule has 7 heteroatoms. The highest BCUT2D eigenvalue weighted by Gasteiger charge is 2.52. The van der Waals surface area contributed by atoms with Gasteiger partial charge in [-0.05, 0) is 113 Å². The van der Waals surface area contributed by atoms with E-state index in [4.69, 9.17) is 18.6 Å². The van der Waals surface area contributed by atoms with Crippen LogP contribution in [0.5, 0.6) is 0 Å². The molecule has 4 aromatic rings. The molecule has 0 bridgehead atoms. The molecule has 3 aliphatic rings. The summed E-state index contributed by atoms with van der Waals surface area (Å²) in [4.78, 5) is 2.36. The lowest BCUT2D eigenvalue weighted by Crippen LogP contribution is -2.41. The monoisotopic (exact) mass is 613 g/mol. The molecule has 0 atom stereocenters. The summed E-state index contributed by atoms with van der Waals surface area (Å²) in [6.07, 6.45) is 0. The summed E-state index contributed by atoms with van der Waals surface area (Å²) in [5.74, 6) is 0. The van der Waals surface area contributed by atoms with Crippen LogP contribution in [0.15, 0.2) is 91.0 Å². The molecule has 0 saturated carbocycles. The summed E-state index contributed by atoms with van der Waals surface area (Å²) >= 11 is 0. The number of hydrogen-bond donors (Lipinski definition) is 0. The van der Waals surface area contributed by atoms with Crippen molar-refractivity contribution in [1.29, 1.82) is 0 Å². The van der Waals surface area contributed by atoms with Crippen LogP contribution < -0.4 is 15.8 Å². The van der Waals surface area contributed by atoms with Gasteiger partial charge in [-0.2, -0.15) is 0 Å². The van der Waals surface area contributed by atoms with E-state index >= 15 is 0 Å². The Labute approximate surface area is 275 Å². The van der Waals surface area contributed by atoms with Crippen LogP contribution in [0, 0.1) is 0 Å². The minimum Gasteiger partial charge on any atom is -0.399 e. The summed E-state index contributed by atoms with van der Waals surface area (Å²) in [5, 5.41) is 0. The zero-order valence-electron chi connectivity index (χ0n) is 28.9. The molecule has 0 unspecified atom stereocenters. The average Bonchev–Trinajstić information content (AvgIpc) is 3.48. The average molecular weight is 613 g/mol. The zero-order chi connectivity index (χ0) is 32.9. The maximum absolute atomic E-state index is 6.37. The van der Waals surface area contributed by atoms with Gasteiger partial charge in [-0.3, -0.25) is 0 Å². The largest absolute Gasteiger partial charge is 0.494 e. The number of fused-ring (bicyclic) bond motifs is 3. The van der Waals surface area contributed by atoms with Gasteiger partial charge in [0.25, 0.3) is 0 Å². The fourth-order valence-electron chi connectivity index (χ4n) is 6.87. The van der Waals surface area contributed by atoms with Crippen LogP contribution in [0.1, 0.15) is 80.4 Å². The van der Waals surface area contributed by atoms with Crippen molar-refractivity contribution in [3.63, 3.8) is 0 Å². The van der Waals surface area contributed by atoms with Gasteiger partial charge in [-0.15, -0.1) is 0 Å². The molecule has 2 saturated heterocycles. The van der Waals surface area contributed by atoms with Crippen molar-refractivity contribution < 1.29 is 18.6 Å². The number of hydrogen-bond acceptors (Lipinski definition) is 5. The third kappa shape index (κ3) is 4.78. The van der Waals surface area contributed by atoms with Crippen molar-refractivity contribution in [3.05, 3.63) is 102 Å². The van der Waals surface area contributed by atoms with E-state index in [1.54, 1.807) is 0 Å². The highest BCUT2D eigenvalue weighted by Crippen LogP contribution is 2.54. The summed E-state index contributed by atoms with van der Waals surface area (Å²) in [6, 6.07) is 32.7. The van der Waals surface area contributed by atoms with E-state index in [2.05, 4.69) is 165 Å². The third-order valence-corrected chi connectivity index (χ3v) is 11.2. The summed E-state index contributed by atoms with van der Waals surface area (Å²) < 4.78 is 25.5. The standard InChI is InChI=1S/C39H45B2NO4/c1-35(2)31-15-12-11-14-30(31)34-32(35)16-13-17-33(34)42(28-22-18-26(19-23-28)40-43-36(3,4)37(5,6)44-40)29-24-20-27(21-25-29)41-45-38(7,8)39(9,10)46-41/h11-25H,1-10H3. The Morgan fingerprint density at radius 3 is 1.33 bits per heavy atom. The van der Waals surface area contributed by atoms with E-state index in [1.165, 1.54) is 22.3 Å². The first-order valence-electron chi connectivity index (χ1n) is 16.5. The lowest BCUT2D eigenvalue weighted by Gasteiger charge is -2.32. The Bertz CT molecular complexity index is 1680. The third-order valence-electron chi connectivity index (χ3n) is 11.2. The lowest BCUT2D eigenvalue weighted by molar-refractivity contribution is 0.00578. The summed E-state index contributed by atoms with van der Waals surface area (Å²) in [5.41, 5.74) is 8.81. The van der Waals surface area contributed by atoms with Gasteiger partial charge in [0.05, 0.1) is 28.1 Å². The molecule has 2 fully saturated rings. The van der Waals surface area contributed by atoms with Gasteiger partial charge < -0.3 is 23.5 Å². The fourth-order valence-corrected chi connectivity index (χ4v) is 6.87. The Balaban J connectivity index is 1.32. The maximum atomic E-state index is 6.37. The second-order valence-corrected chi connectivity index (χ2v) is 15.6. The molecule has 0 amide bonds. The van der Waals surface area contributed by atoms with Crippen molar-refractivity contribution in [2.24, 2.45) is 0 Å². The van der Waals surface area contributed by atoms with Crippen LogP contribution >= 0.6 is 0 Å². The van der Waals surface area contributed by atoms with Crippen LogP contribution in [0.2, 0.25) is 0 Å². The van der Waals surface area contributed by atoms with E-state index < -0.39 is 36.6 Å². The SMILES string of the molecule is CC1(C)c2ccccc2-c2c(N(c3ccc(B4OC(C)(C)C(C)(C)O4)cc3)c3ccc(B4OC(C)(C)C(C)(C)O4)cc3)cccc21. The molecular formula is C39H45B2NO4. The molecule has 46 heavy (non-hydrogen) atoms. The zero-order valence-corrected chi connectivity index (χ0v) is 28.9. The second-order valence-electron chi connectivity index (χ2n) is 15.6. The van der Waals surface area contributed by atoms with E-state index in [-0.39, 0.29) is 5.41 Å². The van der Waals surface area contributed by atoms with Crippen LogP contribution in [0.25, 0.3) is 11.1 Å². The summed E-state index contributed by atoms with van der Waals surface area (Å²) in [7, 11) is -0.833. The van der Waals surface area contributed by atoms with E-state index in [9.17, 15) is 0 Å². The van der Waals surface area contributed by atoms with Gasteiger partial charge in [0.15, 0.2) is 0 Å². The second kappa shape index (κ2) is 10.3. The molecule has 0 aromatic heterocycles. The maximum Gasteiger partial charge on any atom is 0.494 e. The fraction of sp³-hybridized carbons (Fsp3) is 0.385. The Hall–Kier alpha value is -3.35. The van der Waals surface area contributed by atoms with Crippen LogP contribution in [-0.4, -0.2) is 36.6 Å². The number of rotatable bonds is 5. The van der Waals surface area contributed by atoms with Crippen molar-refractivity contribution in [1.82, 2.24) is 0 Å². The highest BCUT2D eigenvalue weighted by molar-refractivity contribution is 6.62.